The molecule has 230 valence electrons. The SMILES string of the molecule is CCCCOc1ccc(/C=C(\C#N)C(=O)O[C@H]2CO[C@H]3[C@@H]2OC[C@H]3OC(=O)/C(C#N)=C/c2ccc(OCCCC)cc2)cc1. The highest BCUT2D eigenvalue weighted by Gasteiger charge is 2.51. The Hall–Kier alpha value is -4.64. The molecule has 2 fully saturated rings. The summed E-state index contributed by atoms with van der Waals surface area (Å²) < 4.78 is 33.9. The fourth-order valence-electron chi connectivity index (χ4n) is 4.63. The molecule has 2 heterocycles. The Morgan fingerprint density at radius 2 is 1.11 bits per heavy atom. The van der Waals surface area contributed by atoms with Crippen molar-refractivity contribution in [2.45, 2.75) is 63.9 Å². The molecule has 2 saturated heterocycles. The van der Waals surface area contributed by atoms with E-state index in [4.69, 9.17) is 28.4 Å². The van der Waals surface area contributed by atoms with E-state index in [1.165, 1.54) is 12.2 Å². The van der Waals surface area contributed by atoms with Crippen LogP contribution in [0.15, 0.2) is 59.7 Å². The van der Waals surface area contributed by atoms with Crippen molar-refractivity contribution in [3.63, 3.8) is 0 Å². The first kappa shape index (κ1) is 32.3. The van der Waals surface area contributed by atoms with Crippen LogP contribution in [0.1, 0.15) is 50.7 Å². The number of nitriles is 2. The van der Waals surface area contributed by atoms with Gasteiger partial charge in [0, 0.05) is 0 Å². The normalized spacial score (nSPS) is 21.1. The number of benzene rings is 2. The van der Waals surface area contributed by atoms with Crippen molar-refractivity contribution in [2.24, 2.45) is 0 Å². The number of unbranched alkanes of at least 4 members (excludes halogenated alkanes) is 2. The van der Waals surface area contributed by atoms with Gasteiger partial charge in [0.05, 0.1) is 26.4 Å². The third kappa shape index (κ3) is 8.70. The summed E-state index contributed by atoms with van der Waals surface area (Å²) in [5, 5.41) is 19.2. The Labute approximate surface area is 257 Å². The fraction of sp³-hybridized carbons (Fsp3) is 0.412. The highest BCUT2D eigenvalue weighted by atomic mass is 16.7. The molecular formula is C34H36N2O8. The summed E-state index contributed by atoms with van der Waals surface area (Å²) in [6.45, 7) is 5.42. The van der Waals surface area contributed by atoms with Crippen LogP contribution in [0, 0.1) is 22.7 Å². The van der Waals surface area contributed by atoms with Crippen LogP contribution in [0.5, 0.6) is 11.5 Å². The lowest BCUT2D eigenvalue weighted by Crippen LogP contribution is -2.36. The molecule has 2 aliphatic rings. The maximum Gasteiger partial charge on any atom is 0.349 e. The molecule has 0 spiro atoms. The van der Waals surface area contributed by atoms with Crippen LogP contribution in [0.25, 0.3) is 12.2 Å². The third-order valence-electron chi connectivity index (χ3n) is 7.08. The third-order valence-corrected chi connectivity index (χ3v) is 7.08. The van der Waals surface area contributed by atoms with Gasteiger partial charge in [0.25, 0.3) is 0 Å². The van der Waals surface area contributed by atoms with E-state index in [0.29, 0.717) is 35.8 Å². The zero-order chi connectivity index (χ0) is 31.3. The van der Waals surface area contributed by atoms with Gasteiger partial charge >= 0.3 is 11.9 Å². The van der Waals surface area contributed by atoms with Gasteiger partial charge in [0.15, 0.2) is 12.2 Å². The van der Waals surface area contributed by atoms with Crippen molar-refractivity contribution in [2.75, 3.05) is 26.4 Å². The molecule has 0 bridgehead atoms. The highest BCUT2D eigenvalue weighted by molar-refractivity contribution is 5.98. The lowest BCUT2D eigenvalue weighted by atomic mass is 10.1. The fourth-order valence-corrected chi connectivity index (χ4v) is 4.63. The smallest absolute Gasteiger partial charge is 0.349 e. The molecule has 4 atom stereocenters. The Balaban J connectivity index is 1.31. The Bertz CT molecular complexity index is 1310. The lowest BCUT2D eigenvalue weighted by molar-refractivity contribution is -0.149. The Morgan fingerprint density at radius 3 is 1.45 bits per heavy atom. The molecule has 0 N–H and O–H groups in total. The number of rotatable bonds is 14. The van der Waals surface area contributed by atoms with Gasteiger partial charge < -0.3 is 28.4 Å². The predicted octanol–water partition coefficient (Wildman–Crippen LogP) is 5.18. The second-order valence-corrected chi connectivity index (χ2v) is 10.4. The number of nitrogens with zero attached hydrogens (tertiary/aromatic N) is 2. The first-order valence-electron chi connectivity index (χ1n) is 14.8. The van der Waals surface area contributed by atoms with Gasteiger partial charge in [-0.05, 0) is 60.4 Å². The molecule has 4 rings (SSSR count). The Kier molecular flexibility index (Phi) is 11.9. The Morgan fingerprint density at radius 1 is 0.727 bits per heavy atom. The number of hydrogen-bond acceptors (Lipinski definition) is 10. The van der Waals surface area contributed by atoms with Crippen molar-refractivity contribution in [3.05, 3.63) is 70.8 Å². The number of ether oxygens (including phenoxy) is 6. The largest absolute Gasteiger partial charge is 0.494 e. The average Bonchev–Trinajstić information content (AvgIpc) is 3.63. The summed E-state index contributed by atoms with van der Waals surface area (Å²) in [6.07, 6.45) is 3.87. The maximum atomic E-state index is 12.8. The lowest BCUT2D eigenvalue weighted by Gasteiger charge is -2.17. The molecule has 0 aromatic heterocycles. The van der Waals surface area contributed by atoms with Crippen LogP contribution < -0.4 is 9.47 Å². The number of carbonyl (C=O) groups is 2. The zero-order valence-corrected chi connectivity index (χ0v) is 24.9. The molecule has 10 nitrogen and oxygen atoms in total. The van der Waals surface area contributed by atoms with E-state index in [9.17, 15) is 20.1 Å². The van der Waals surface area contributed by atoms with Gasteiger partial charge in [-0.2, -0.15) is 10.5 Å². The van der Waals surface area contributed by atoms with E-state index in [0.717, 1.165) is 25.7 Å². The van der Waals surface area contributed by atoms with Gasteiger partial charge in [0.1, 0.15) is 47.0 Å². The van der Waals surface area contributed by atoms with Crippen molar-refractivity contribution >= 4 is 24.1 Å². The average molecular weight is 601 g/mol. The van der Waals surface area contributed by atoms with Gasteiger partial charge in [0.2, 0.25) is 0 Å². The molecule has 2 aliphatic heterocycles. The zero-order valence-electron chi connectivity index (χ0n) is 24.9. The maximum absolute atomic E-state index is 12.8. The molecule has 0 unspecified atom stereocenters. The van der Waals surface area contributed by atoms with Crippen LogP contribution in [0.2, 0.25) is 0 Å². The second-order valence-electron chi connectivity index (χ2n) is 10.4. The molecule has 0 saturated carbocycles. The highest BCUT2D eigenvalue weighted by Crippen LogP contribution is 2.31. The minimum atomic E-state index is -0.814. The second kappa shape index (κ2) is 16.3. The summed E-state index contributed by atoms with van der Waals surface area (Å²) in [4.78, 5) is 25.7. The van der Waals surface area contributed by atoms with Gasteiger partial charge in [-0.15, -0.1) is 0 Å². The van der Waals surface area contributed by atoms with Crippen molar-refractivity contribution in [1.82, 2.24) is 0 Å². The number of fused-ring (bicyclic) bond motifs is 1. The first-order chi connectivity index (χ1) is 21.4. The van der Waals surface area contributed by atoms with Gasteiger partial charge in [-0.1, -0.05) is 51.0 Å². The van der Waals surface area contributed by atoms with E-state index >= 15 is 0 Å². The summed E-state index contributed by atoms with van der Waals surface area (Å²) in [7, 11) is 0. The summed E-state index contributed by atoms with van der Waals surface area (Å²) in [6, 6.07) is 17.9. The number of hydrogen-bond donors (Lipinski definition) is 0. The minimum absolute atomic E-state index is 0.00521. The molecule has 10 heteroatoms. The van der Waals surface area contributed by atoms with Crippen LogP contribution in [-0.4, -0.2) is 62.8 Å². The van der Waals surface area contributed by atoms with Crippen LogP contribution in [0.3, 0.4) is 0 Å². The van der Waals surface area contributed by atoms with E-state index < -0.39 is 36.4 Å². The monoisotopic (exact) mass is 600 g/mol. The molecule has 2 aromatic rings. The number of carbonyl (C=O) groups excluding carboxylic acids is 2. The molecule has 0 aliphatic carbocycles. The minimum Gasteiger partial charge on any atom is -0.494 e. The van der Waals surface area contributed by atoms with E-state index in [1.54, 1.807) is 48.5 Å². The summed E-state index contributed by atoms with van der Waals surface area (Å²) in [5.74, 6) is -0.214. The van der Waals surface area contributed by atoms with Crippen molar-refractivity contribution in [3.8, 4) is 23.6 Å². The standard InChI is InChI=1S/C34H36N2O8/c1-3-5-15-39-27-11-7-23(8-12-27)17-25(19-35)33(37)43-29-21-41-32-30(22-42-31(29)32)44-34(38)26(20-36)18-24-9-13-28(14-10-24)40-16-6-4-2/h7-14,17-18,29-32H,3-6,15-16,21-22H2,1-2H3/b25-17+,26-18+/t29-,30+,31-,32-/m1/s1. The van der Waals surface area contributed by atoms with E-state index in [2.05, 4.69) is 13.8 Å². The molecular weight excluding hydrogens is 564 g/mol. The topological polar surface area (TPSA) is 137 Å². The summed E-state index contributed by atoms with van der Waals surface area (Å²) >= 11 is 0. The quantitative estimate of drug-likeness (QED) is 0.123. The predicted molar refractivity (Wildman–Crippen MR) is 160 cm³/mol. The van der Waals surface area contributed by atoms with Crippen molar-refractivity contribution in [1.29, 1.82) is 10.5 Å². The molecule has 0 radical (unpaired) electrons. The van der Waals surface area contributed by atoms with E-state index in [1.807, 2.05) is 12.1 Å². The van der Waals surface area contributed by atoms with Gasteiger partial charge in [-0.3, -0.25) is 0 Å². The van der Waals surface area contributed by atoms with Crippen LogP contribution >= 0.6 is 0 Å². The molecule has 0 amide bonds. The summed E-state index contributed by atoms with van der Waals surface area (Å²) in [5.41, 5.74) is 0.920. The van der Waals surface area contributed by atoms with E-state index in [-0.39, 0.29) is 24.4 Å². The molecule has 44 heavy (non-hydrogen) atoms. The van der Waals surface area contributed by atoms with Crippen LogP contribution in [-0.2, 0) is 28.5 Å². The number of esters is 2. The van der Waals surface area contributed by atoms with Gasteiger partial charge in [-0.25, -0.2) is 9.59 Å². The van der Waals surface area contributed by atoms with Crippen molar-refractivity contribution < 1.29 is 38.0 Å². The van der Waals surface area contributed by atoms with Crippen LogP contribution in [0.4, 0.5) is 0 Å². The molecule has 2 aromatic carbocycles. The first-order valence-corrected chi connectivity index (χ1v) is 14.8.